The third kappa shape index (κ3) is 4.06. The third-order valence-electron chi connectivity index (χ3n) is 3.99. The Morgan fingerprint density at radius 1 is 1.43 bits per heavy atom. The van der Waals surface area contributed by atoms with Gasteiger partial charge in [0.05, 0.1) is 6.04 Å². The molecule has 1 aliphatic carbocycles. The van der Waals surface area contributed by atoms with Crippen LogP contribution in [-0.2, 0) is 4.79 Å². The predicted octanol–water partition coefficient (Wildman–Crippen LogP) is 2.37. The number of aliphatic carboxylic acids is 1. The fraction of sp³-hybridized carbons (Fsp3) is 0.667. The third-order valence-corrected chi connectivity index (χ3v) is 3.99. The molecule has 1 amide bonds. The van der Waals surface area contributed by atoms with Crippen molar-refractivity contribution in [3.8, 4) is 0 Å². The summed E-state index contributed by atoms with van der Waals surface area (Å²) in [5.74, 6) is -1.04. The number of carbonyl (C=O) groups is 2. The lowest BCUT2D eigenvalue weighted by Gasteiger charge is -2.26. The molecule has 6 heteroatoms. The van der Waals surface area contributed by atoms with Gasteiger partial charge in [0.25, 0.3) is 5.91 Å². The van der Waals surface area contributed by atoms with Gasteiger partial charge in [-0.15, -0.1) is 0 Å². The highest BCUT2D eigenvalue weighted by atomic mass is 16.4. The molecule has 1 aromatic heterocycles. The van der Waals surface area contributed by atoms with Crippen molar-refractivity contribution in [2.45, 2.75) is 64.0 Å². The second-order valence-corrected chi connectivity index (χ2v) is 6.33. The molecule has 0 spiro atoms. The molecule has 1 saturated carbocycles. The zero-order valence-electron chi connectivity index (χ0n) is 12.6. The fourth-order valence-electron chi connectivity index (χ4n) is 2.79. The molecule has 0 saturated heterocycles. The van der Waals surface area contributed by atoms with Gasteiger partial charge in [-0.3, -0.25) is 14.3 Å². The van der Waals surface area contributed by atoms with Crippen molar-refractivity contribution in [3.05, 3.63) is 18.0 Å². The zero-order valence-corrected chi connectivity index (χ0v) is 12.6. The van der Waals surface area contributed by atoms with Crippen LogP contribution >= 0.6 is 0 Å². The van der Waals surface area contributed by atoms with E-state index in [1.807, 2.05) is 18.5 Å². The average molecular weight is 293 g/mol. The lowest BCUT2D eigenvalue weighted by Crippen LogP contribution is -2.44. The molecule has 2 N–H and O–H groups in total. The highest BCUT2D eigenvalue weighted by molar-refractivity contribution is 5.93. The number of hydrogen-bond donors (Lipinski definition) is 2. The number of aromatic nitrogens is 2. The molecule has 0 unspecified atom stereocenters. The highest BCUT2D eigenvalue weighted by Crippen LogP contribution is 2.29. The van der Waals surface area contributed by atoms with Crippen molar-refractivity contribution < 1.29 is 14.7 Å². The Bertz CT molecular complexity index is 516. The van der Waals surface area contributed by atoms with Gasteiger partial charge in [0.15, 0.2) is 0 Å². The monoisotopic (exact) mass is 293 g/mol. The summed E-state index contributed by atoms with van der Waals surface area (Å²) in [6.07, 6.45) is 6.55. The Balaban J connectivity index is 2.03. The summed E-state index contributed by atoms with van der Waals surface area (Å²) in [6.45, 7) is 3.67. The van der Waals surface area contributed by atoms with Crippen LogP contribution in [0.2, 0.25) is 0 Å². The van der Waals surface area contributed by atoms with Crippen LogP contribution in [0.25, 0.3) is 0 Å². The quantitative estimate of drug-likeness (QED) is 0.843. The Kier molecular flexibility index (Phi) is 4.65. The van der Waals surface area contributed by atoms with Crippen LogP contribution in [0, 0.1) is 0 Å². The van der Waals surface area contributed by atoms with E-state index in [0.29, 0.717) is 18.2 Å². The van der Waals surface area contributed by atoms with E-state index in [2.05, 4.69) is 10.4 Å². The number of amides is 1. The standard InChI is InChI=1S/C15H23N3O3/c1-15(2,9-7-13(19)20)17-14(21)12-8-10-16-18(12)11-5-3-4-6-11/h8,10-11H,3-7,9H2,1-2H3,(H,17,21)(H,19,20). The smallest absolute Gasteiger partial charge is 0.303 e. The first-order valence-corrected chi connectivity index (χ1v) is 7.47. The molecule has 2 rings (SSSR count). The molecule has 1 aliphatic rings. The maximum absolute atomic E-state index is 12.4. The molecule has 1 heterocycles. The number of carboxylic acid groups (broad SMARTS) is 1. The molecule has 0 atom stereocenters. The van der Waals surface area contributed by atoms with E-state index in [-0.39, 0.29) is 12.3 Å². The summed E-state index contributed by atoms with van der Waals surface area (Å²) >= 11 is 0. The van der Waals surface area contributed by atoms with Gasteiger partial charge in [0.2, 0.25) is 0 Å². The Hall–Kier alpha value is -1.85. The molecule has 1 fully saturated rings. The summed E-state index contributed by atoms with van der Waals surface area (Å²) in [7, 11) is 0. The number of carboxylic acids is 1. The van der Waals surface area contributed by atoms with Crippen molar-refractivity contribution in [2.24, 2.45) is 0 Å². The summed E-state index contributed by atoms with van der Waals surface area (Å²) in [4.78, 5) is 23.1. The van der Waals surface area contributed by atoms with Crippen LogP contribution in [0.4, 0.5) is 0 Å². The largest absolute Gasteiger partial charge is 0.481 e. The highest BCUT2D eigenvalue weighted by Gasteiger charge is 2.26. The summed E-state index contributed by atoms with van der Waals surface area (Å²) < 4.78 is 1.82. The van der Waals surface area contributed by atoms with Crippen LogP contribution in [-0.4, -0.2) is 32.3 Å². The second kappa shape index (κ2) is 6.28. The minimum absolute atomic E-state index is 0.0369. The van der Waals surface area contributed by atoms with Gasteiger partial charge in [-0.05, 0) is 39.2 Å². The van der Waals surface area contributed by atoms with Gasteiger partial charge in [0.1, 0.15) is 5.69 Å². The summed E-state index contributed by atoms with van der Waals surface area (Å²) in [6, 6.07) is 2.03. The molecule has 6 nitrogen and oxygen atoms in total. The Morgan fingerprint density at radius 2 is 2.10 bits per heavy atom. The van der Waals surface area contributed by atoms with Crippen LogP contribution in [0.1, 0.15) is 68.9 Å². The minimum atomic E-state index is -0.853. The minimum Gasteiger partial charge on any atom is -0.481 e. The first-order valence-electron chi connectivity index (χ1n) is 7.47. The Morgan fingerprint density at radius 3 is 2.71 bits per heavy atom. The molecular formula is C15H23N3O3. The topological polar surface area (TPSA) is 84.2 Å². The van der Waals surface area contributed by atoms with Crippen molar-refractivity contribution in [3.63, 3.8) is 0 Å². The number of carbonyl (C=O) groups excluding carboxylic acids is 1. The van der Waals surface area contributed by atoms with Crippen LogP contribution < -0.4 is 5.32 Å². The molecule has 0 radical (unpaired) electrons. The summed E-state index contributed by atoms with van der Waals surface area (Å²) in [5.41, 5.74) is 0.00515. The van der Waals surface area contributed by atoms with Gasteiger partial charge in [-0.1, -0.05) is 12.8 Å². The molecular weight excluding hydrogens is 270 g/mol. The number of hydrogen-bond acceptors (Lipinski definition) is 3. The first kappa shape index (κ1) is 15.5. The molecule has 1 aromatic rings. The average Bonchev–Trinajstić information content (AvgIpc) is 3.06. The molecule has 116 valence electrons. The predicted molar refractivity (Wildman–Crippen MR) is 78.1 cm³/mol. The van der Waals surface area contributed by atoms with Crippen molar-refractivity contribution >= 4 is 11.9 Å². The molecule has 0 aromatic carbocycles. The SMILES string of the molecule is CC(C)(CCC(=O)O)NC(=O)c1ccnn1C1CCCC1. The maximum atomic E-state index is 12.4. The van der Waals surface area contributed by atoms with Crippen molar-refractivity contribution in [1.82, 2.24) is 15.1 Å². The number of nitrogens with zero attached hydrogens (tertiary/aromatic N) is 2. The lowest BCUT2D eigenvalue weighted by molar-refractivity contribution is -0.137. The number of rotatable bonds is 6. The molecule has 0 aliphatic heterocycles. The van der Waals surface area contributed by atoms with E-state index >= 15 is 0 Å². The lowest BCUT2D eigenvalue weighted by atomic mass is 9.98. The number of nitrogens with one attached hydrogen (secondary N) is 1. The Labute approximate surface area is 124 Å². The molecule has 0 bridgehead atoms. The van der Waals surface area contributed by atoms with E-state index in [9.17, 15) is 9.59 Å². The van der Waals surface area contributed by atoms with E-state index in [0.717, 1.165) is 12.8 Å². The van der Waals surface area contributed by atoms with Gasteiger partial charge >= 0.3 is 5.97 Å². The van der Waals surface area contributed by atoms with Crippen molar-refractivity contribution in [2.75, 3.05) is 0 Å². The van der Waals surface area contributed by atoms with Crippen molar-refractivity contribution in [1.29, 1.82) is 0 Å². The maximum Gasteiger partial charge on any atom is 0.303 e. The molecule has 21 heavy (non-hydrogen) atoms. The van der Waals surface area contributed by atoms with E-state index in [1.165, 1.54) is 12.8 Å². The van der Waals surface area contributed by atoms with Crippen LogP contribution in [0.3, 0.4) is 0 Å². The first-order chi connectivity index (χ1) is 9.89. The van der Waals surface area contributed by atoms with Crippen LogP contribution in [0.15, 0.2) is 12.3 Å². The van der Waals surface area contributed by atoms with Gasteiger partial charge in [-0.2, -0.15) is 5.10 Å². The second-order valence-electron chi connectivity index (χ2n) is 6.33. The van der Waals surface area contributed by atoms with Crippen LogP contribution in [0.5, 0.6) is 0 Å². The van der Waals surface area contributed by atoms with E-state index < -0.39 is 11.5 Å². The zero-order chi connectivity index (χ0) is 15.5. The fourth-order valence-corrected chi connectivity index (χ4v) is 2.79. The van der Waals surface area contributed by atoms with Gasteiger partial charge in [-0.25, -0.2) is 0 Å². The van der Waals surface area contributed by atoms with Gasteiger partial charge < -0.3 is 10.4 Å². The van der Waals surface area contributed by atoms with E-state index in [1.54, 1.807) is 12.3 Å². The normalized spacial score (nSPS) is 16.1. The van der Waals surface area contributed by atoms with E-state index in [4.69, 9.17) is 5.11 Å². The van der Waals surface area contributed by atoms with Gasteiger partial charge in [0, 0.05) is 18.2 Å². The summed E-state index contributed by atoms with van der Waals surface area (Å²) in [5, 5.41) is 16.0.